The Hall–Kier alpha value is -2.87. The minimum absolute atomic E-state index is 0.416. The number of hydrogen-bond acceptors (Lipinski definition) is 5. The molecule has 0 atom stereocenters. The number of nitrogens with zero attached hydrogens (tertiary/aromatic N) is 4. The predicted molar refractivity (Wildman–Crippen MR) is 84.5 cm³/mol. The second-order valence-electron chi connectivity index (χ2n) is 5.31. The molecule has 0 spiro atoms. The van der Waals surface area contributed by atoms with Gasteiger partial charge in [-0.05, 0) is 26.0 Å². The Morgan fingerprint density at radius 2 is 2.05 bits per heavy atom. The highest BCUT2D eigenvalue weighted by atomic mass is 16.5. The molecule has 2 aromatic heterocycles. The molecule has 0 fully saturated rings. The third-order valence-corrected chi connectivity index (χ3v) is 3.80. The number of fused-ring (bicyclic) bond motifs is 1. The van der Waals surface area contributed by atoms with E-state index in [0.717, 1.165) is 33.6 Å². The maximum atomic E-state index is 9.19. The SMILES string of the molecule is Cc1noc(C)c1CN(C)c1cc(C#N)nc2ccccc12. The van der Waals surface area contributed by atoms with Crippen LogP contribution < -0.4 is 4.90 Å². The number of hydrogen-bond donors (Lipinski definition) is 0. The molecule has 0 saturated heterocycles. The molecule has 0 saturated carbocycles. The fourth-order valence-corrected chi connectivity index (χ4v) is 2.58. The van der Waals surface area contributed by atoms with Crippen molar-refractivity contribution in [3.63, 3.8) is 0 Å². The monoisotopic (exact) mass is 292 g/mol. The fraction of sp³-hybridized carbons (Fsp3) is 0.235. The molecule has 2 heterocycles. The molecule has 0 aliphatic carbocycles. The van der Waals surface area contributed by atoms with E-state index in [-0.39, 0.29) is 0 Å². The first-order valence-corrected chi connectivity index (χ1v) is 7.03. The summed E-state index contributed by atoms with van der Waals surface area (Å²) in [5.74, 6) is 0.822. The Balaban J connectivity index is 2.07. The lowest BCUT2D eigenvalue weighted by molar-refractivity contribution is 0.392. The summed E-state index contributed by atoms with van der Waals surface area (Å²) in [4.78, 5) is 6.44. The van der Waals surface area contributed by atoms with Crippen LogP contribution in [0, 0.1) is 25.2 Å². The van der Waals surface area contributed by atoms with Gasteiger partial charge in [-0.15, -0.1) is 0 Å². The van der Waals surface area contributed by atoms with Gasteiger partial charge in [-0.3, -0.25) is 0 Å². The Labute approximate surface area is 128 Å². The third kappa shape index (κ3) is 2.40. The van der Waals surface area contributed by atoms with E-state index in [0.29, 0.717) is 12.2 Å². The average Bonchev–Trinajstić information content (AvgIpc) is 2.85. The van der Waals surface area contributed by atoms with Gasteiger partial charge in [0.1, 0.15) is 17.5 Å². The van der Waals surface area contributed by atoms with Gasteiger partial charge in [-0.2, -0.15) is 5.26 Å². The van der Waals surface area contributed by atoms with Crippen LogP contribution in [0.3, 0.4) is 0 Å². The highest BCUT2D eigenvalue weighted by molar-refractivity contribution is 5.92. The van der Waals surface area contributed by atoms with E-state index < -0.39 is 0 Å². The Morgan fingerprint density at radius 3 is 2.73 bits per heavy atom. The Morgan fingerprint density at radius 1 is 1.27 bits per heavy atom. The summed E-state index contributed by atoms with van der Waals surface area (Å²) in [6.45, 7) is 4.51. The van der Waals surface area contributed by atoms with Crippen molar-refractivity contribution >= 4 is 16.6 Å². The molecule has 22 heavy (non-hydrogen) atoms. The average molecular weight is 292 g/mol. The van der Waals surface area contributed by atoms with E-state index in [2.05, 4.69) is 21.1 Å². The normalized spacial score (nSPS) is 10.6. The van der Waals surface area contributed by atoms with Crippen molar-refractivity contribution in [2.45, 2.75) is 20.4 Å². The second-order valence-corrected chi connectivity index (χ2v) is 5.31. The van der Waals surface area contributed by atoms with Gasteiger partial charge >= 0.3 is 0 Å². The first-order valence-electron chi connectivity index (χ1n) is 7.03. The lowest BCUT2D eigenvalue weighted by Gasteiger charge is -2.21. The number of aromatic nitrogens is 2. The van der Waals surface area contributed by atoms with E-state index >= 15 is 0 Å². The first-order chi connectivity index (χ1) is 10.6. The summed E-state index contributed by atoms with van der Waals surface area (Å²) in [5.41, 5.74) is 4.17. The summed E-state index contributed by atoms with van der Waals surface area (Å²) in [5, 5.41) is 14.2. The highest BCUT2D eigenvalue weighted by Crippen LogP contribution is 2.28. The largest absolute Gasteiger partial charge is 0.369 e. The highest BCUT2D eigenvalue weighted by Gasteiger charge is 2.14. The zero-order chi connectivity index (χ0) is 15.7. The van der Waals surface area contributed by atoms with Crippen molar-refractivity contribution in [1.29, 1.82) is 5.26 Å². The molecule has 3 rings (SSSR count). The summed E-state index contributed by atoms with van der Waals surface area (Å²) >= 11 is 0. The van der Waals surface area contributed by atoms with Crippen LogP contribution >= 0.6 is 0 Å². The standard InChI is InChI=1S/C17H16N4O/c1-11-15(12(2)22-20-11)10-21(3)17-8-13(9-18)19-16-7-5-4-6-14(16)17/h4-8H,10H2,1-3H3. The van der Waals surface area contributed by atoms with E-state index in [9.17, 15) is 5.26 Å². The minimum Gasteiger partial charge on any atom is -0.369 e. The van der Waals surface area contributed by atoms with Crippen LogP contribution in [0.25, 0.3) is 10.9 Å². The molecular weight excluding hydrogens is 276 g/mol. The number of anilines is 1. The number of para-hydroxylation sites is 1. The summed E-state index contributed by atoms with van der Waals surface area (Å²) < 4.78 is 5.22. The van der Waals surface area contributed by atoms with E-state index in [1.807, 2.05) is 51.2 Å². The van der Waals surface area contributed by atoms with Gasteiger partial charge in [0.05, 0.1) is 11.2 Å². The molecule has 0 aliphatic rings. The van der Waals surface area contributed by atoms with E-state index in [1.54, 1.807) is 0 Å². The van der Waals surface area contributed by atoms with E-state index in [4.69, 9.17) is 4.52 Å². The Bertz CT molecular complexity index is 856. The molecule has 1 aromatic carbocycles. The van der Waals surface area contributed by atoms with Gasteiger partial charge in [0, 0.05) is 30.2 Å². The van der Waals surface area contributed by atoms with Crippen molar-refractivity contribution in [2.24, 2.45) is 0 Å². The molecule has 0 bridgehead atoms. The van der Waals surface area contributed by atoms with Crippen molar-refractivity contribution in [2.75, 3.05) is 11.9 Å². The molecule has 5 heteroatoms. The number of pyridine rings is 1. The predicted octanol–water partition coefficient (Wildman–Crippen LogP) is 3.35. The van der Waals surface area contributed by atoms with Gasteiger partial charge < -0.3 is 9.42 Å². The summed E-state index contributed by atoms with van der Waals surface area (Å²) in [6, 6.07) is 11.8. The summed E-state index contributed by atoms with van der Waals surface area (Å²) in [7, 11) is 1.99. The minimum atomic E-state index is 0.416. The lowest BCUT2D eigenvalue weighted by atomic mass is 10.1. The quantitative estimate of drug-likeness (QED) is 0.740. The zero-order valence-electron chi connectivity index (χ0n) is 12.8. The smallest absolute Gasteiger partial charge is 0.143 e. The van der Waals surface area contributed by atoms with Gasteiger partial charge in [-0.1, -0.05) is 23.4 Å². The number of nitriles is 1. The van der Waals surface area contributed by atoms with Crippen molar-refractivity contribution in [3.8, 4) is 6.07 Å². The lowest BCUT2D eigenvalue weighted by Crippen LogP contribution is -2.18. The van der Waals surface area contributed by atoms with Crippen LogP contribution in [0.4, 0.5) is 5.69 Å². The maximum Gasteiger partial charge on any atom is 0.143 e. The van der Waals surface area contributed by atoms with Gasteiger partial charge in [0.15, 0.2) is 0 Å². The molecule has 0 unspecified atom stereocenters. The van der Waals surface area contributed by atoms with Crippen LogP contribution in [-0.2, 0) is 6.54 Å². The van der Waals surface area contributed by atoms with Crippen molar-refractivity contribution in [1.82, 2.24) is 10.1 Å². The van der Waals surface area contributed by atoms with Gasteiger partial charge in [-0.25, -0.2) is 4.98 Å². The van der Waals surface area contributed by atoms with Crippen LogP contribution in [0.15, 0.2) is 34.9 Å². The molecule has 0 aliphatic heterocycles. The number of benzene rings is 1. The molecule has 0 amide bonds. The third-order valence-electron chi connectivity index (χ3n) is 3.80. The van der Waals surface area contributed by atoms with Crippen molar-refractivity contribution in [3.05, 3.63) is 53.0 Å². The Kier molecular flexibility index (Phi) is 3.51. The molecule has 3 aromatic rings. The van der Waals surface area contributed by atoms with Crippen LogP contribution in [-0.4, -0.2) is 17.2 Å². The van der Waals surface area contributed by atoms with Gasteiger partial charge in [0.2, 0.25) is 0 Å². The zero-order valence-corrected chi connectivity index (χ0v) is 12.8. The topological polar surface area (TPSA) is 66.0 Å². The molecule has 0 N–H and O–H groups in total. The van der Waals surface area contributed by atoms with Crippen LogP contribution in [0.5, 0.6) is 0 Å². The van der Waals surface area contributed by atoms with Crippen molar-refractivity contribution < 1.29 is 4.52 Å². The number of aryl methyl sites for hydroxylation is 2. The molecule has 0 radical (unpaired) electrons. The second kappa shape index (κ2) is 5.49. The van der Waals surface area contributed by atoms with E-state index in [1.165, 1.54) is 0 Å². The maximum absolute atomic E-state index is 9.19. The molecule has 110 valence electrons. The first kappa shape index (κ1) is 14.1. The van der Waals surface area contributed by atoms with Gasteiger partial charge in [0.25, 0.3) is 0 Å². The number of rotatable bonds is 3. The van der Waals surface area contributed by atoms with Crippen LogP contribution in [0.1, 0.15) is 22.7 Å². The summed E-state index contributed by atoms with van der Waals surface area (Å²) in [6.07, 6.45) is 0. The molecular formula is C17H16N4O. The molecule has 5 nitrogen and oxygen atoms in total. The fourth-order valence-electron chi connectivity index (χ4n) is 2.58. The van der Waals surface area contributed by atoms with Crippen LogP contribution in [0.2, 0.25) is 0 Å².